The third-order valence-electron chi connectivity index (χ3n) is 2.29. The van der Waals surface area contributed by atoms with E-state index in [1.165, 1.54) is 0 Å². The molecule has 0 aliphatic carbocycles. The molecule has 114 valence electrons. The molecule has 3 nitrogen and oxygen atoms in total. The summed E-state index contributed by atoms with van der Waals surface area (Å²) in [5, 5.41) is 3.25. The predicted molar refractivity (Wildman–Crippen MR) is 73.6 cm³/mol. The first-order chi connectivity index (χ1) is 9.28. The van der Waals surface area contributed by atoms with Crippen LogP contribution in [0.15, 0.2) is 22.7 Å². The molecule has 0 aromatic heterocycles. The Morgan fingerprint density at radius 3 is 2.60 bits per heavy atom. The second kappa shape index (κ2) is 7.85. The Bertz CT molecular complexity index is 425. The van der Waals surface area contributed by atoms with Crippen molar-refractivity contribution in [3.63, 3.8) is 0 Å². The summed E-state index contributed by atoms with van der Waals surface area (Å²) in [6.07, 6.45) is -4.34. The van der Waals surface area contributed by atoms with Crippen LogP contribution in [-0.2, 0) is 11.3 Å². The largest absolute Gasteiger partial charge is 0.468 e. The summed E-state index contributed by atoms with van der Waals surface area (Å²) < 4.78 is 46.1. The molecular formula is C13H17BrF3NO2. The number of benzene rings is 1. The van der Waals surface area contributed by atoms with Gasteiger partial charge in [0.25, 0.3) is 0 Å². The van der Waals surface area contributed by atoms with E-state index in [1.807, 2.05) is 13.8 Å². The van der Waals surface area contributed by atoms with Gasteiger partial charge < -0.3 is 14.8 Å². The Labute approximate surface area is 124 Å². The molecule has 7 heteroatoms. The summed E-state index contributed by atoms with van der Waals surface area (Å²) in [6, 6.07) is 5.55. The second-order valence-electron chi connectivity index (χ2n) is 4.51. The topological polar surface area (TPSA) is 30.5 Å². The van der Waals surface area contributed by atoms with Crippen molar-refractivity contribution in [1.82, 2.24) is 5.32 Å². The SMILES string of the molecule is CC(C)NCc1cc(OCOCC(F)(F)F)ccc1Br. The smallest absolute Gasteiger partial charge is 0.411 e. The van der Waals surface area contributed by atoms with Crippen molar-refractivity contribution in [3.8, 4) is 5.75 Å². The molecule has 0 amide bonds. The van der Waals surface area contributed by atoms with Gasteiger partial charge in [0.1, 0.15) is 12.4 Å². The first-order valence-electron chi connectivity index (χ1n) is 6.07. The predicted octanol–water partition coefficient (Wildman–Crippen LogP) is 3.86. The number of hydrogen-bond donors (Lipinski definition) is 1. The Kier molecular flexibility index (Phi) is 6.78. The summed E-state index contributed by atoms with van der Waals surface area (Å²) in [5.74, 6) is 0.468. The quantitative estimate of drug-likeness (QED) is 0.595. The molecule has 0 aliphatic rings. The number of rotatable bonds is 7. The maximum absolute atomic E-state index is 11.9. The molecule has 1 aromatic carbocycles. The highest BCUT2D eigenvalue weighted by molar-refractivity contribution is 9.10. The van der Waals surface area contributed by atoms with Gasteiger partial charge in [-0.2, -0.15) is 13.2 Å². The summed E-state index contributed by atoms with van der Waals surface area (Å²) >= 11 is 3.41. The van der Waals surface area contributed by atoms with Crippen LogP contribution in [0.25, 0.3) is 0 Å². The molecule has 1 aromatic rings. The van der Waals surface area contributed by atoms with E-state index in [0.29, 0.717) is 18.3 Å². The standard InChI is InChI=1S/C13H17BrF3NO2/c1-9(2)18-6-10-5-11(3-4-12(10)14)20-8-19-7-13(15,16)17/h3-5,9,18H,6-8H2,1-2H3. The van der Waals surface area contributed by atoms with Crippen LogP contribution in [0.4, 0.5) is 13.2 Å². The van der Waals surface area contributed by atoms with Gasteiger partial charge in [0, 0.05) is 17.1 Å². The van der Waals surface area contributed by atoms with E-state index in [-0.39, 0.29) is 0 Å². The van der Waals surface area contributed by atoms with Gasteiger partial charge in [-0.25, -0.2) is 0 Å². The van der Waals surface area contributed by atoms with Crippen LogP contribution in [0.2, 0.25) is 0 Å². The van der Waals surface area contributed by atoms with Crippen LogP contribution in [0.5, 0.6) is 5.75 Å². The van der Waals surface area contributed by atoms with Crippen molar-refractivity contribution < 1.29 is 22.6 Å². The minimum Gasteiger partial charge on any atom is -0.468 e. The maximum atomic E-state index is 11.9. The summed E-state index contributed by atoms with van der Waals surface area (Å²) in [7, 11) is 0. The zero-order valence-corrected chi connectivity index (χ0v) is 12.8. The molecule has 1 rings (SSSR count). The summed E-state index contributed by atoms with van der Waals surface area (Å²) in [4.78, 5) is 0. The van der Waals surface area contributed by atoms with E-state index in [9.17, 15) is 13.2 Å². The zero-order chi connectivity index (χ0) is 15.2. The van der Waals surface area contributed by atoms with Gasteiger partial charge in [-0.3, -0.25) is 0 Å². The molecule has 0 saturated carbocycles. The highest BCUT2D eigenvalue weighted by Crippen LogP contribution is 2.23. The van der Waals surface area contributed by atoms with Crippen molar-refractivity contribution in [1.29, 1.82) is 0 Å². The minimum absolute atomic E-state index is 0.335. The Balaban J connectivity index is 2.48. The number of hydrogen-bond acceptors (Lipinski definition) is 3. The number of alkyl halides is 3. The average molecular weight is 356 g/mol. The van der Waals surface area contributed by atoms with Gasteiger partial charge in [0.05, 0.1) is 0 Å². The van der Waals surface area contributed by atoms with Crippen LogP contribution in [0, 0.1) is 0 Å². The van der Waals surface area contributed by atoms with Crippen molar-refractivity contribution in [2.45, 2.75) is 32.6 Å². The Morgan fingerprint density at radius 1 is 1.30 bits per heavy atom. The van der Waals surface area contributed by atoms with Crippen molar-refractivity contribution in [3.05, 3.63) is 28.2 Å². The maximum Gasteiger partial charge on any atom is 0.411 e. The monoisotopic (exact) mass is 355 g/mol. The van der Waals surface area contributed by atoms with Crippen LogP contribution < -0.4 is 10.1 Å². The Morgan fingerprint density at radius 2 is 2.00 bits per heavy atom. The third kappa shape index (κ3) is 7.12. The molecule has 0 heterocycles. The number of halogens is 4. The molecule has 0 saturated heterocycles. The van der Waals surface area contributed by atoms with E-state index in [4.69, 9.17) is 4.74 Å². The lowest BCUT2D eigenvalue weighted by molar-refractivity contribution is -0.186. The lowest BCUT2D eigenvalue weighted by atomic mass is 10.2. The second-order valence-corrected chi connectivity index (χ2v) is 5.37. The van der Waals surface area contributed by atoms with Gasteiger partial charge >= 0.3 is 6.18 Å². The van der Waals surface area contributed by atoms with E-state index >= 15 is 0 Å². The molecule has 0 spiro atoms. The van der Waals surface area contributed by atoms with E-state index in [1.54, 1.807) is 18.2 Å². The molecule has 0 fully saturated rings. The lowest BCUT2D eigenvalue weighted by Crippen LogP contribution is -2.22. The molecule has 0 bridgehead atoms. The number of nitrogens with one attached hydrogen (secondary N) is 1. The fourth-order valence-electron chi connectivity index (χ4n) is 1.36. The van der Waals surface area contributed by atoms with Crippen molar-refractivity contribution in [2.75, 3.05) is 13.4 Å². The third-order valence-corrected chi connectivity index (χ3v) is 3.07. The summed E-state index contributed by atoms with van der Waals surface area (Å²) in [5.41, 5.74) is 0.965. The normalized spacial score (nSPS) is 11.9. The highest BCUT2D eigenvalue weighted by atomic mass is 79.9. The van der Waals surface area contributed by atoms with Gasteiger partial charge in [-0.05, 0) is 23.8 Å². The molecule has 0 atom stereocenters. The minimum atomic E-state index is -4.34. The molecule has 0 aliphatic heterocycles. The van der Waals surface area contributed by atoms with Gasteiger partial charge in [0.15, 0.2) is 6.79 Å². The van der Waals surface area contributed by atoms with Crippen molar-refractivity contribution in [2.24, 2.45) is 0 Å². The highest BCUT2D eigenvalue weighted by Gasteiger charge is 2.27. The first kappa shape index (κ1) is 17.3. The van der Waals surface area contributed by atoms with E-state index in [2.05, 4.69) is 26.0 Å². The van der Waals surface area contributed by atoms with Crippen LogP contribution in [0.1, 0.15) is 19.4 Å². The van der Waals surface area contributed by atoms with Crippen LogP contribution in [0.3, 0.4) is 0 Å². The fraction of sp³-hybridized carbons (Fsp3) is 0.538. The first-order valence-corrected chi connectivity index (χ1v) is 6.86. The van der Waals surface area contributed by atoms with Gasteiger partial charge in [-0.1, -0.05) is 29.8 Å². The molecule has 0 radical (unpaired) electrons. The van der Waals surface area contributed by atoms with E-state index in [0.717, 1.165) is 10.0 Å². The molecule has 20 heavy (non-hydrogen) atoms. The summed E-state index contributed by atoms with van der Waals surface area (Å²) in [6.45, 7) is 2.95. The van der Waals surface area contributed by atoms with Crippen molar-refractivity contribution >= 4 is 15.9 Å². The van der Waals surface area contributed by atoms with Gasteiger partial charge in [0.2, 0.25) is 0 Å². The number of ether oxygens (including phenoxy) is 2. The lowest BCUT2D eigenvalue weighted by Gasteiger charge is -2.13. The average Bonchev–Trinajstić information content (AvgIpc) is 2.33. The zero-order valence-electron chi connectivity index (χ0n) is 11.3. The fourth-order valence-corrected chi connectivity index (χ4v) is 1.74. The molecular weight excluding hydrogens is 339 g/mol. The Hall–Kier alpha value is -0.790. The van der Waals surface area contributed by atoms with Crippen LogP contribution >= 0.6 is 15.9 Å². The van der Waals surface area contributed by atoms with Crippen LogP contribution in [-0.4, -0.2) is 25.6 Å². The molecule has 1 N–H and O–H groups in total. The van der Waals surface area contributed by atoms with E-state index < -0.39 is 19.6 Å². The molecule has 0 unspecified atom stereocenters. The van der Waals surface area contributed by atoms with Gasteiger partial charge in [-0.15, -0.1) is 0 Å².